The van der Waals surface area contributed by atoms with Gasteiger partial charge in [-0.2, -0.15) is 5.10 Å². The SMILES string of the molecule is CCCOc1ccc(/C=N/Nc2ccc(Cl)cc2)cc1Br. The average molecular weight is 368 g/mol. The Hall–Kier alpha value is -1.52. The molecule has 0 heterocycles. The summed E-state index contributed by atoms with van der Waals surface area (Å²) in [5.41, 5.74) is 4.82. The van der Waals surface area contributed by atoms with Gasteiger partial charge in [-0.05, 0) is 70.4 Å². The van der Waals surface area contributed by atoms with E-state index in [0.717, 1.165) is 27.9 Å². The van der Waals surface area contributed by atoms with Crippen molar-refractivity contribution in [1.82, 2.24) is 0 Å². The maximum Gasteiger partial charge on any atom is 0.133 e. The highest BCUT2D eigenvalue weighted by atomic mass is 79.9. The highest BCUT2D eigenvalue weighted by molar-refractivity contribution is 9.10. The van der Waals surface area contributed by atoms with Gasteiger partial charge in [0.1, 0.15) is 5.75 Å². The van der Waals surface area contributed by atoms with Gasteiger partial charge in [0.25, 0.3) is 0 Å². The summed E-state index contributed by atoms with van der Waals surface area (Å²) in [6, 6.07) is 13.2. The zero-order valence-electron chi connectivity index (χ0n) is 11.6. The molecular formula is C16H16BrClN2O. The van der Waals surface area contributed by atoms with E-state index in [-0.39, 0.29) is 0 Å². The highest BCUT2D eigenvalue weighted by Crippen LogP contribution is 2.25. The van der Waals surface area contributed by atoms with Crippen LogP contribution >= 0.6 is 27.5 Å². The molecule has 0 aromatic heterocycles. The Kier molecular flexibility index (Phi) is 6.08. The lowest BCUT2D eigenvalue weighted by molar-refractivity contribution is 0.315. The summed E-state index contributed by atoms with van der Waals surface area (Å²) < 4.78 is 6.53. The van der Waals surface area contributed by atoms with Crippen molar-refractivity contribution in [3.05, 3.63) is 57.5 Å². The molecule has 110 valence electrons. The van der Waals surface area contributed by atoms with E-state index in [9.17, 15) is 0 Å². The van der Waals surface area contributed by atoms with Gasteiger partial charge in [0.15, 0.2) is 0 Å². The lowest BCUT2D eigenvalue weighted by Crippen LogP contribution is -1.96. The molecule has 2 rings (SSSR count). The number of hydrogen-bond acceptors (Lipinski definition) is 3. The minimum atomic E-state index is 0.705. The maximum absolute atomic E-state index is 5.83. The fourth-order valence-electron chi connectivity index (χ4n) is 1.63. The minimum absolute atomic E-state index is 0.705. The molecule has 5 heteroatoms. The number of halogens is 2. The van der Waals surface area contributed by atoms with Crippen LogP contribution in [0.2, 0.25) is 5.02 Å². The maximum atomic E-state index is 5.83. The molecule has 0 bridgehead atoms. The Labute approximate surface area is 138 Å². The van der Waals surface area contributed by atoms with E-state index in [2.05, 4.69) is 33.4 Å². The van der Waals surface area contributed by atoms with Crippen molar-refractivity contribution >= 4 is 39.4 Å². The predicted octanol–water partition coefficient (Wildman–Crippen LogP) is 5.34. The lowest BCUT2D eigenvalue weighted by atomic mass is 10.2. The first-order valence-corrected chi connectivity index (χ1v) is 7.83. The first kappa shape index (κ1) is 15.9. The third-order valence-corrected chi connectivity index (χ3v) is 3.54. The van der Waals surface area contributed by atoms with E-state index in [4.69, 9.17) is 16.3 Å². The van der Waals surface area contributed by atoms with Gasteiger partial charge in [0, 0.05) is 5.02 Å². The Bertz CT molecular complexity index is 614. The Morgan fingerprint density at radius 3 is 2.67 bits per heavy atom. The summed E-state index contributed by atoms with van der Waals surface area (Å²) in [5, 5.41) is 4.90. The molecule has 3 nitrogen and oxygen atoms in total. The number of benzene rings is 2. The summed E-state index contributed by atoms with van der Waals surface area (Å²) in [4.78, 5) is 0. The molecule has 0 fully saturated rings. The second-order valence-electron chi connectivity index (χ2n) is 4.42. The number of anilines is 1. The average Bonchev–Trinajstić information content (AvgIpc) is 2.48. The van der Waals surface area contributed by atoms with Crippen molar-refractivity contribution in [1.29, 1.82) is 0 Å². The molecule has 0 amide bonds. The Balaban J connectivity index is 1.97. The molecule has 0 saturated carbocycles. The summed E-state index contributed by atoms with van der Waals surface area (Å²) in [6.45, 7) is 2.79. The van der Waals surface area contributed by atoms with Gasteiger partial charge < -0.3 is 4.74 Å². The third kappa shape index (κ3) is 5.06. The molecule has 0 aliphatic heterocycles. The van der Waals surface area contributed by atoms with E-state index in [1.165, 1.54) is 0 Å². The highest BCUT2D eigenvalue weighted by Gasteiger charge is 2.01. The number of nitrogens with one attached hydrogen (secondary N) is 1. The Morgan fingerprint density at radius 1 is 1.24 bits per heavy atom. The quantitative estimate of drug-likeness (QED) is 0.552. The van der Waals surface area contributed by atoms with Gasteiger partial charge in [-0.3, -0.25) is 5.43 Å². The van der Waals surface area contributed by atoms with Crippen LogP contribution in [0, 0.1) is 0 Å². The summed E-state index contributed by atoms with van der Waals surface area (Å²) in [6.07, 6.45) is 2.74. The molecule has 0 spiro atoms. The number of ether oxygens (including phenoxy) is 1. The molecule has 0 aliphatic carbocycles. The van der Waals surface area contributed by atoms with Crippen LogP contribution in [0.25, 0.3) is 0 Å². The molecule has 0 unspecified atom stereocenters. The van der Waals surface area contributed by atoms with E-state index in [1.54, 1.807) is 6.21 Å². The van der Waals surface area contributed by atoms with Crippen LogP contribution < -0.4 is 10.2 Å². The van der Waals surface area contributed by atoms with Crippen LogP contribution in [0.15, 0.2) is 52.0 Å². The topological polar surface area (TPSA) is 33.6 Å². The molecular weight excluding hydrogens is 352 g/mol. The van der Waals surface area contributed by atoms with Gasteiger partial charge in [0.05, 0.1) is 23.0 Å². The largest absolute Gasteiger partial charge is 0.492 e. The number of hydrogen-bond donors (Lipinski definition) is 1. The van der Waals surface area contributed by atoms with Crippen LogP contribution in [0.1, 0.15) is 18.9 Å². The molecule has 0 radical (unpaired) electrons. The van der Waals surface area contributed by atoms with Crippen molar-refractivity contribution in [3.8, 4) is 5.75 Å². The minimum Gasteiger partial charge on any atom is -0.492 e. The van der Waals surface area contributed by atoms with Crippen LogP contribution in [0.5, 0.6) is 5.75 Å². The zero-order chi connectivity index (χ0) is 15.1. The first-order chi connectivity index (χ1) is 10.2. The molecule has 2 aromatic rings. The van der Waals surface area contributed by atoms with Crippen LogP contribution in [0.3, 0.4) is 0 Å². The predicted molar refractivity (Wildman–Crippen MR) is 92.6 cm³/mol. The molecule has 21 heavy (non-hydrogen) atoms. The molecule has 0 atom stereocenters. The van der Waals surface area contributed by atoms with Gasteiger partial charge in [-0.15, -0.1) is 0 Å². The monoisotopic (exact) mass is 366 g/mol. The molecule has 0 saturated heterocycles. The zero-order valence-corrected chi connectivity index (χ0v) is 14.0. The molecule has 2 aromatic carbocycles. The Morgan fingerprint density at radius 2 is 2.00 bits per heavy atom. The van der Waals surface area contributed by atoms with Gasteiger partial charge in [-0.1, -0.05) is 18.5 Å². The van der Waals surface area contributed by atoms with Crippen molar-refractivity contribution in [2.75, 3.05) is 12.0 Å². The van der Waals surface area contributed by atoms with Gasteiger partial charge in [0.2, 0.25) is 0 Å². The van der Waals surface area contributed by atoms with Crippen molar-refractivity contribution < 1.29 is 4.74 Å². The number of rotatable bonds is 6. The third-order valence-electron chi connectivity index (χ3n) is 2.67. The van der Waals surface area contributed by atoms with Crippen LogP contribution in [-0.2, 0) is 0 Å². The first-order valence-electron chi connectivity index (χ1n) is 6.66. The van der Waals surface area contributed by atoms with Crippen molar-refractivity contribution in [3.63, 3.8) is 0 Å². The van der Waals surface area contributed by atoms with E-state index < -0.39 is 0 Å². The second-order valence-corrected chi connectivity index (χ2v) is 5.71. The molecule has 0 aliphatic rings. The normalized spacial score (nSPS) is 10.8. The lowest BCUT2D eigenvalue weighted by Gasteiger charge is -2.07. The standard InChI is InChI=1S/C16H16BrClN2O/c1-2-9-21-16-8-3-12(10-15(16)17)11-19-20-14-6-4-13(18)5-7-14/h3-8,10-11,20H,2,9H2,1H3/b19-11+. The van der Waals surface area contributed by atoms with Gasteiger partial charge >= 0.3 is 0 Å². The summed E-state index contributed by atoms with van der Waals surface area (Å²) in [5.74, 6) is 0.847. The van der Waals surface area contributed by atoms with Crippen molar-refractivity contribution in [2.24, 2.45) is 5.10 Å². The number of hydrazone groups is 1. The van der Waals surface area contributed by atoms with E-state index >= 15 is 0 Å². The van der Waals surface area contributed by atoms with Crippen molar-refractivity contribution in [2.45, 2.75) is 13.3 Å². The fraction of sp³-hybridized carbons (Fsp3) is 0.188. The van der Waals surface area contributed by atoms with Crippen LogP contribution in [-0.4, -0.2) is 12.8 Å². The van der Waals surface area contributed by atoms with E-state index in [1.807, 2.05) is 42.5 Å². The summed E-state index contributed by atoms with van der Waals surface area (Å²) >= 11 is 9.33. The van der Waals surface area contributed by atoms with Crippen LogP contribution in [0.4, 0.5) is 5.69 Å². The van der Waals surface area contributed by atoms with E-state index in [0.29, 0.717) is 11.6 Å². The molecule has 1 N–H and O–H groups in total. The summed E-state index contributed by atoms with van der Waals surface area (Å²) in [7, 11) is 0. The van der Waals surface area contributed by atoms with Gasteiger partial charge in [-0.25, -0.2) is 0 Å². The fourth-order valence-corrected chi connectivity index (χ4v) is 2.27. The second kappa shape index (κ2) is 8.05. The smallest absolute Gasteiger partial charge is 0.133 e. The number of nitrogens with zero attached hydrogens (tertiary/aromatic N) is 1.